The number of hydrogen-bond donors (Lipinski definition) is 2. The molecule has 0 atom stereocenters. The van der Waals surface area contributed by atoms with Crippen molar-refractivity contribution >= 4 is 34.6 Å². The Hall–Kier alpha value is -3.33. The summed E-state index contributed by atoms with van der Waals surface area (Å²) >= 11 is 1.42. The number of aromatic amines is 1. The van der Waals surface area contributed by atoms with Crippen LogP contribution in [0, 0.1) is 27.7 Å². The third-order valence-corrected chi connectivity index (χ3v) is 5.37. The van der Waals surface area contributed by atoms with Crippen molar-refractivity contribution in [2.45, 2.75) is 38.6 Å². The number of hydrogen-bond acceptors (Lipinski definition) is 8. The molecule has 0 spiro atoms. The summed E-state index contributed by atoms with van der Waals surface area (Å²) in [6.45, 7) is 7.93. The topological polar surface area (TPSA) is 109 Å². The molecular weight excluding hydrogens is 398 g/mol. The Morgan fingerprint density at radius 3 is 2.67 bits per heavy atom. The van der Waals surface area contributed by atoms with E-state index in [1.807, 2.05) is 26.8 Å². The Morgan fingerprint density at radius 1 is 1.03 bits per heavy atom. The molecule has 0 aliphatic carbocycles. The van der Waals surface area contributed by atoms with Crippen molar-refractivity contribution < 1.29 is 0 Å². The molecule has 8 nitrogen and oxygen atoms in total. The van der Waals surface area contributed by atoms with Crippen molar-refractivity contribution in [3.63, 3.8) is 0 Å². The molecule has 0 amide bonds. The summed E-state index contributed by atoms with van der Waals surface area (Å²) in [5.41, 5.74) is 5.23. The summed E-state index contributed by atoms with van der Waals surface area (Å²) in [7, 11) is 0. The van der Waals surface area contributed by atoms with E-state index in [0.29, 0.717) is 28.5 Å². The average molecular weight is 420 g/mol. The zero-order chi connectivity index (χ0) is 21.3. The number of nitrogens with one attached hydrogen (secondary N) is 2. The summed E-state index contributed by atoms with van der Waals surface area (Å²) in [4.78, 5) is 37.0. The first kappa shape index (κ1) is 20.0. The average Bonchev–Trinajstić information content (AvgIpc) is 2.67. The minimum Gasteiger partial charge on any atom is -0.294 e. The van der Waals surface area contributed by atoms with E-state index in [1.165, 1.54) is 23.4 Å². The van der Waals surface area contributed by atoms with Crippen LogP contribution in [0.3, 0.4) is 0 Å². The van der Waals surface area contributed by atoms with Crippen LogP contribution < -0.4 is 10.9 Å². The summed E-state index contributed by atoms with van der Waals surface area (Å²) in [6, 6.07) is 7.47. The predicted octanol–water partition coefficient (Wildman–Crippen LogP) is 3.77. The molecule has 1 aromatic carbocycles. The zero-order valence-electron chi connectivity index (χ0n) is 17.1. The number of nitrogens with zero attached hydrogens (tertiary/aromatic N) is 5. The summed E-state index contributed by atoms with van der Waals surface area (Å²) in [6.07, 6.45) is 1.71. The van der Waals surface area contributed by atoms with Gasteiger partial charge in [0.25, 0.3) is 5.56 Å². The van der Waals surface area contributed by atoms with Crippen molar-refractivity contribution in [2.75, 3.05) is 5.32 Å². The van der Waals surface area contributed by atoms with E-state index in [-0.39, 0.29) is 5.56 Å². The number of benzene rings is 1. The fourth-order valence-corrected chi connectivity index (χ4v) is 3.94. The van der Waals surface area contributed by atoms with Crippen LogP contribution in [0.2, 0.25) is 0 Å². The number of thioether (sulfide) groups is 1. The first-order chi connectivity index (χ1) is 14.4. The predicted molar refractivity (Wildman–Crippen MR) is 118 cm³/mol. The second-order valence-electron chi connectivity index (χ2n) is 7.09. The van der Waals surface area contributed by atoms with Gasteiger partial charge in [-0.2, -0.15) is 0 Å². The zero-order valence-corrected chi connectivity index (χ0v) is 18.0. The second kappa shape index (κ2) is 8.19. The normalized spacial score (nSPS) is 11.1. The van der Waals surface area contributed by atoms with Crippen molar-refractivity contribution in [3.05, 3.63) is 69.0 Å². The molecule has 0 unspecified atom stereocenters. The number of aromatic nitrogens is 6. The van der Waals surface area contributed by atoms with Crippen LogP contribution in [-0.4, -0.2) is 29.9 Å². The SMILES string of the molecule is Cc1cc(C)c2nc(Nc3nc(CSc4nccc(C)n4)cc(=O)[nH]3)nc(C)c2c1. The minimum absolute atomic E-state index is 0.252. The maximum Gasteiger partial charge on any atom is 0.252 e. The molecule has 0 saturated carbocycles. The lowest BCUT2D eigenvalue weighted by Crippen LogP contribution is -2.13. The van der Waals surface area contributed by atoms with Gasteiger partial charge in [-0.15, -0.1) is 0 Å². The van der Waals surface area contributed by atoms with Gasteiger partial charge < -0.3 is 0 Å². The maximum absolute atomic E-state index is 12.1. The van der Waals surface area contributed by atoms with Gasteiger partial charge in [0.05, 0.1) is 16.9 Å². The third kappa shape index (κ3) is 4.46. The highest BCUT2D eigenvalue weighted by molar-refractivity contribution is 7.98. The van der Waals surface area contributed by atoms with E-state index in [9.17, 15) is 4.79 Å². The van der Waals surface area contributed by atoms with Gasteiger partial charge in [-0.05, 0) is 45.4 Å². The lowest BCUT2D eigenvalue weighted by molar-refractivity contribution is 0.929. The van der Waals surface area contributed by atoms with Crippen LogP contribution in [-0.2, 0) is 5.75 Å². The molecule has 152 valence electrons. The van der Waals surface area contributed by atoms with Gasteiger partial charge in [-0.25, -0.2) is 24.9 Å². The van der Waals surface area contributed by atoms with Gasteiger partial charge >= 0.3 is 0 Å². The fourth-order valence-electron chi connectivity index (χ4n) is 3.17. The molecule has 0 aliphatic rings. The highest BCUT2D eigenvalue weighted by Crippen LogP contribution is 2.23. The molecule has 3 aromatic heterocycles. The smallest absolute Gasteiger partial charge is 0.252 e. The molecule has 0 fully saturated rings. The first-order valence-corrected chi connectivity index (χ1v) is 10.4. The Labute approximate surface area is 177 Å². The number of aryl methyl sites for hydroxylation is 4. The van der Waals surface area contributed by atoms with Crippen LogP contribution in [0.15, 0.2) is 40.4 Å². The van der Waals surface area contributed by atoms with E-state index >= 15 is 0 Å². The van der Waals surface area contributed by atoms with Crippen molar-refractivity contribution in [1.82, 2.24) is 29.9 Å². The molecule has 0 aliphatic heterocycles. The molecular formula is C21H21N7OS. The first-order valence-electron chi connectivity index (χ1n) is 9.43. The van der Waals surface area contributed by atoms with E-state index in [0.717, 1.165) is 27.9 Å². The monoisotopic (exact) mass is 419 g/mol. The van der Waals surface area contributed by atoms with Gasteiger partial charge in [0.15, 0.2) is 5.16 Å². The Morgan fingerprint density at radius 2 is 1.87 bits per heavy atom. The van der Waals surface area contributed by atoms with Crippen LogP contribution in [0.1, 0.15) is 28.2 Å². The standard InChI is InChI=1S/C21H21N7OS/c1-11-7-12(2)18-16(8-11)14(4)24-19(27-18)28-20-25-15(9-17(29)26-20)10-30-21-22-6-5-13(3)23-21/h5-9H,10H2,1-4H3,(H2,24,25,26,27,28,29). The molecule has 0 saturated heterocycles. The lowest BCUT2D eigenvalue weighted by Gasteiger charge is -2.10. The number of fused-ring (bicyclic) bond motifs is 1. The Balaban J connectivity index is 1.60. The van der Waals surface area contributed by atoms with Gasteiger partial charge in [0.1, 0.15) is 0 Å². The van der Waals surface area contributed by atoms with Gasteiger partial charge in [-0.1, -0.05) is 23.4 Å². The highest BCUT2D eigenvalue weighted by Gasteiger charge is 2.10. The van der Waals surface area contributed by atoms with Crippen LogP contribution in [0.25, 0.3) is 10.9 Å². The van der Waals surface area contributed by atoms with Gasteiger partial charge in [0, 0.05) is 29.1 Å². The largest absolute Gasteiger partial charge is 0.294 e. The quantitative estimate of drug-likeness (QED) is 0.372. The number of H-pyrrole nitrogens is 1. The molecule has 4 aromatic rings. The van der Waals surface area contributed by atoms with Crippen LogP contribution in [0.5, 0.6) is 0 Å². The number of anilines is 2. The Bertz CT molecular complexity index is 1300. The molecule has 0 radical (unpaired) electrons. The Kier molecular flexibility index (Phi) is 5.45. The molecule has 3 heterocycles. The highest BCUT2D eigenvalue weighted by atomic mass is 32.2. The van der Waals surface area contributed by atoms with Gasteiger partial charge in [-0.3, -0.25) is 15.1 Å². The van der Waals surface area contributed by atoms with Crippen molar-refractivity contribution in [3.8, 4) is 0 Å². The van der Waals surface area contributed by atoms with E-state index in [4.69, 9.17) is 0 Å². The van der Waals surface area contributed by atoms with Crippen LogP contribution >= 0.6 is 11.8 Å². The van der Waals surface area contributed by atoms with Crippen LogP contribution in [0.4, 0.5) is 11.9 Å². The van der Waals surface area contributed by atoms with Crippen molar-refractivity contribution in [2.24, 2.45) is 0 Å². The lowest BCUT2D eigenvalue weighted by atomic mass is 10.1. The molecule has 2 N–H and O–H groups in total. The summed E-state index contributed by atoms with van der Waals surface area (Å²) < 4.78 is 0. The molecule has 0 bridgehead atoms. The van der Waals surface area contributed by atoms with E-state index < -0.39 is 0 Å². The number of rotatable bonds is 5. The van der Waals surface area contributed by atoms with E-state index in [2.05, 4.69) is 54.3 Å². The summed E-state index contributed by atoms with van der Waals surface area (Å²) in [5, 5.41) is 4.70. The van der Waals surface area contributed by atoms with Crippen molar-refractivity contribution in [1.29, 1.82) is 0 Å². The minimum atomic E-state index is -0.252. The molecule has 9 heteroatoms. The van der Waals surface area contributed by atoms with Gasteiger partial charge in [0.2, 0.25) is 11.9 Å². The third-order valence-electron chi connectivity index (χ3n) is 4.47. The second-order valence-corrected chi connectivity index (χ2v) is 8.03. The fraction of sp³-hybridized carbons (Fsp3) is 0.238. The summed E-state index contributed by atoms with van der Waals surface area (Å²) in [5.74, 6) is 1.16. The molecule has 30 heavy (non-hydrogen) atoms. The van der Waals surface area contributed by atoms with E-state index in [1.54, 1.807) is 6.20 Å². The maximum atomic E-state index is 12.1. The molecule has 4 rings (SSSR count).